The maximum absolute atomic E-state index is 12.5. The Labute approximate surface area is 151 Å². The van der Waals surface area contributed by atoms with Crippen LogP contribution >= 0.6 is 0 Å². The third-order valence-electron chi connectivity index (χ3n) is 5.65. The summed E-state index contributed by atoms with van der Waals surface area (Å²) in [7, 11) is 0. The van der Waals surface area contributed by atoms with E-state index in [1.807, 2.05) is 19.1 Å². The summed E-state index contributed by atoms with van der Waals surface area (Å²) in [6.45, 7) is 4.25. The van der Waals surface area contributed by atoms with Gasteiger partial charge >= 0.3 is 0 Å². The SMILES string of the molecule is CCCCCCCC=C[C@@H]1O[C@@]2(O)C(=O)C=C3C=CC[C@H]3[C@@H]2C=C1C. The fourth-order valence-corrected chi connectivity index (χ4v) is 4.12. The Morgan fingerprint density at radius 2 is 2.12 bits per heavy atom. The summed E-state index contributed by atoms with van der Waals surface area (Å²) in [5, 5.41) is 11.0. The van der Waals surface area contributed by atoms with Crippen LogP contribution in [0.15, 0.2) is 47.6 Å². The lowest BCUT2D eigenvalue weighted by molar-refractivity contribution is -0.237. The van der Waals surface area contributed by atoms with Gasteiger partial charge in [-0.3, -0.25) is 4.79 Å². The second-order valence-corrected chi connectivity index (χ2v) is 7.56. The van der Waals surface area contributed by atoms with Gasteiger partial charge in [0.25, 0.3) is 0 Å². The van der Waals surface area contributed by atoms with Crippen molar-refractivity contribution in [2.24, 2.45) is 11.8 Å². The van der Waals surface area contributed by atoms with Crippen LogP contribution in [0.2, 0.25) is 0 Å². The first-order valence-corrected chi connectivity index (χ1v) is 9.74. The van der Waals surface area contributed by atoms with Gasteiger partial charge in [-0.25, -0.2) is 0 Å². The maximum atomic E-state index is 12.5. The van der Waals surface area contributed by atoms with E-state index in [1.165, 1.54) is 32.1 Å². The Bertz CT molecular complexity index is 625. The van der Waals surface area contributed by atoms with Crippen LogP contribution in [-0.2, 0) is 9.53 Å². The molecule has 25 heavy (non-hydrogen) atoms. The molecule has 0 bridgehead atoms. The van der Waals surface area contributed by atoms with Gasteiger partial charge in [-0.05, 0) is 49.3 Å². The van der Waals surface area contributed by atoms with E-state index in [0.29, 0.717) is 0 Å². The first-order valence-electron chi connectivity index (χ1n) is 9.74. The first kappa shape index (κ1) is 18.3. The summed E-state index contributed by atoms with van der Waals surface area (Å²) in [5.74, 6) is -2.16. The zero-order valence-electron chi connectivity index (χ0n) is 15.4. The van der Waals surface area contributed by atoms with E-state index >= 15 is 0 Å². The van der Waals surface area contributed by atoms with Crippen LogP contribution in [-0.4, -0.2) is 22.8 Å². The van der Waals surface area contributed by atoms with Gasteiger partial charge in [-0.2, -0.15) is 0 Å². The van der Waals surface area contributed by atoms with E-state index < -0.39 is 5.79 Å². The normalized spacial score (nSPS) is 34.0. The van der Waals surface area contributed by atoms with Crippen molar-refractivity contribution in [3.63, 3.8) is 0 Å². The largest absolute Gasteiger partial charge is 0.359 e. The van der Waals surface area contributed by atoms with Crippen molar-refractivity contribution >= 4 is 5.78 Å². The number of ether oxygens (including phenoxy) is 1. The molecule has 1 N–H and O–H groups in total. The molecule has 0 aromatic rings. The molecule has 136 valence electrons. The fraction of sp³-hybridized carbons (Fsp3) is 0.591. The van der Waals surface area contributed by atoms with Gasteiger partial charge in [-0.15, -0.1) is 0 Å². The molecule has 0 unspecified atom stereocenters. The van der Waals surface area contributed by atoms with Crippen molar-refractivity contribution in [3.05, 3.63) is 47.6 Å². The third kappa shape index (κ3) is 3.73. The Balaban J connectivity index is 1.64. The number of allylic oxidation sites excluding steroid dienone is 4. The molecule has 0 saturated carbocycles. The lowest BCUT2D eigenvalue weighted by Gasteiger charge is -2.44. The molecular formula is C22H30O3. The Morgan fingerprint density at radius 3 is 2.92 bits per heavy atom. The van der Waals surface area contributed by atoms with E-state index in [1.54, 1.807) is 6.08 Å². The zero-order valence-corrected chi connectivity index (χ0v) is 15.4. The zero-order chi connectivity index (χ0) is 17.9. The second kappa shape index (κ2) is 7.84. The standard InChI is InChI=1S/C22H30O3/c1-3-4-5-6-7-8-9-13-20-16(2)14-19-18-12-10-11-17(18)15-21(23)22(19,24)25-20/h9-11,13-15,18-20,24H,3-8,12H2,1-2H3/t18-,19+,20+,22-/m1/s1. The van der Waals surface area contributed by atoms with Crippen LogP contribution in [0.25, 0.3) is 0 Å². The first-order chi connectivity index (χ1) is 12.1. The fourth-order valence-electron chi connectivity index (χ4n) is 4.12. The van der Waals surface area contributed by atoms with E-state index in [9.17, 15) is 9.90 Å². The number of fused-ring (bicyclic) bond motifs is 3. The molecule has 0 fully saturated rings. The number of carbonyl (C=O) groups excluding carboxylic acids is 1. The smallest absolute Gasteiger partial charge is 0.238 e. The molecular weight excluding hydrogens is 312 g/mol. The monoisotopic (exact) mass is 342 g/mol. The van der Waals surface area contributed by atoms with Crippen LogP contribution in [0.4, 0.5) is 0 Å². The molecule has 1 heterocycles. The molecule has 3 aliphatic rings. The molecule has 2 aliphatic carbocycles. The maximum Gasteiger partial charge on any atom is 0.238 e. The average molecular weight is 342 g/mol. The molecule has 0 radical (unpaired) electrons. The van der Waals surface area contributed by atoms with Crippen molar-refractivity contribution in [1.82, 2.24) is 0 Å². The molecule has 1 aliphatic heterocycles. The van der Waals surface area contributed by atoms with Crippen molar-refractivity contribution in [1.29, 1.82) is 0 Å². The molecule has 4 atom stereocenters. The van der Waals surface area contributed by atoms with Crippen LogP contribution < -0.4 is 0 Å². The van der Waals surface area contributed by atoms with Gasteiger partial charge in [0.15, 0.2) is 0 Å². The van der Waals surface area contributed by atoms with Gasteiger partial charge in [0.2, 0.25) is 11.6 Å². The van der Waals surface area contributed by atoms with Crippen molar-refractivity contribution < 1.29 is 14.6 Å². The molecule has 0 amide bonds. The minimum atomic E-state index is -1.71. The van der Waals surface area contributed by atoms with Crippen LogP contribution in [0, 0.1) is 11.8 Å². The Hall–Kier alpha value is -1.45. The highest BCUT2D eigenvalue weighted by atomic mass is 16.6. The number of aliphatic hydroxyl groups is 1. The molecule has 0 spiro atoms. The van der Waals surface area contributed by atoms with Gasteiger partial charge in [0.05, 0.1) is 0 Å². The number of hydrogen-bond acceptors (Lipinski definition) is 3. The summed E-state index contributed by atoms with van der Waals surface area (Å²) in [6, 6.07) is 0. The van der Waals surface area contributed by atoms with E-state index in [4.69, 9.17) is 4.74 Å². The Kier molecular flexibility index (Phi) is 5.75. The summed E-state index contributed by atoms with van der Waals surface area (Å²) in [5.41, 5.74) is 2.10. The molecule has 3 nitrogen and oxygen atoms in total. The predicted octanol–water partition coefficient (Wildman–Crippen LogP) is 4.64. The van der Waals surface area contributed by atoms with Crippen LogP contribution in [0.5, 0.6) is 0 Å². The summed E-state index contributed by atoms with van der Waals surface area (Å²) in [6.07, 6.45) is 19.7. The predicted molar refractivity (Wildman–Crippen MR) is 99.9 cm³/mol. The topological polar surface area (TPSA) is 46.5 Å². The van der Waals surface area contributed by atoms with Crippen LogP contribution in [0.1, 0.15) is 58.8 Å². The third-order valence-corrected chi connectivity index (χ3v) is 5.65. The Morgan fingerprint density at radius 1 is 1.32 bits per heavy atom. The highest BCUT2D eigenvalue weighted by Crippen LogP contribution is 2.46. The number of unbranched alkanes of at least 4 members (excludes halogenated alkanes) is 5. The van der Waals surface area contributed by atoms with E-state index in [-0.39, 0.29) is 23.7 Å². The van der Waals surface area contributed by atoms with Gasteiger partial charge in [0.1, 0.15) is 6.10 Å². The number of carbonyl (C=O) groups is 1. The molecule has 0 aromatic heterocycles. The summed E-state index contributed by atoms with van der Waals surface area (Å²) >= 11 is 0. The van der Waals surface area contributed by atoms with Crippen molar-refractivity contribution in [2.75, 3.05) is 0 Å². The quantitative estimate of drug-likeness (QED) is 0.541. The lowest BCUT2D eigenvalue weighted by Crippen LogP contribution is -2.56. The molecule has 3 rings (SSSR count). The summed E-state index contributed by atoms with van der Waals surface area (Å²) in [4.78, 5) is 12.5. The van der Waals surface area contributed by atoms with E-state index in [2.05, 4.69) is 25.2 Å². The highest BCUT2D eigenvalue weighted by Gasteiger charge is 2.54. The lowest BCUT2D eigenvalue weighted by atomic mass is 9.72. The highest BCUT2D eigenvalue weighted by molar-refractivity contribution is 5.98. The summed E-state index contributed by atoms with van der Waals surface area (Å²) < 4.78 is 5.93. The number of rotatable bonds is 7. The van der Waals surface area contributed by atoms with Gasteiger partial charge < -0.3 is 9.84 Å². The van der Waals surface area contributed by atoms with Gasteiger partial charge in [-0.1, -0.05) is 63.0 Å². The van der Waals surface area contributed by atoms with E-state index in [0.717, 1.165) is 24.0 Å². The van der Waals surface area contributed by atoms with Crippen LogP contribution in [0.3, 0.4) is 0 Å². The minimum Gasteiger partial charge on any atom is -0.359 e. The van der Waals surface area contributed by atoms with Crippen molar-refractivity contribution in [2.45, 2.75) is 70.7 Å². The second-order valence-electron chi connectivity index (χ2n) is 7.56. The minimum absolute atomic E-state index is 0.154. The van der Waals surface area contributed by atoms with Crippen molar-refractivity contribution in [3.8, 4) is 0 Å². The molecule has 0 saturated heterocycles. The average Bonchev–Trinajstić information content (AvgIpc) is 3.04. The number of hydrogen-bond donors (Lipinski definition) is 1. The van der Waals surface area contributed by atoms with Gasteiger partial charge in [0, 0.05) is 5.92 Å². The molecule has 0 aromatic carbocycles. The number of ketones is 1. The molecule has 3 heteroatoms.